The molecule has 0 aromatic carbocycles. The Labute approximate surface area is 146 Å². The Bertz CT molecular complexity index is 431. The van der Waals surface area contributed by atoms with Crippen LogP contribution in [-0.4, -0.2) is 36.2 Å². The standard InChI is InChI=1S/C18H36N2O4/c1-11(2)13(19)15(21)23-10-17(5,6)9-18(7,8)24-16(22)14(20)12(3)4/h11-14H,9-10,19-20H2,1-8H3/t13-,14-/m0/s1. The lowest BCUT2D eigenvalue weighted by Gasteiger charge is -2.35. The van der Waals surface area contributed by atoms with Gasteiger partial charge in [0.05, 0.1) is 6.61 Å². The highest BCUT2D eigenvalue weighted by molar-refractivity contribution is 5.76. The number of carbonyl (C=O) groups is 2. The van der Waals surface area contributed by atoms with Crippen LogP contribution >= 0.6 is 0 Å². The molecule has 0 heterocycles. The lowest BCUT2D eigenvalue weighted by atomic mass is 9.82. The van der Waals surface area contributed by atoms with Gasteiger partial charge in [0, 0.05) is 5.41 Å². The van der Waals surface area contributed by atoms with Gasteiger partial charge in [0.1, 0.15) is 17.7 Å². The molecule has 0 radical (unpaired) electrons. The van der Waals surface area contributed by atoms with Gasteiger partial charge in [0.2, 0.25) is 0 Å². The Morgan fingerprint density at radius 3 is 1.71 bits per heavy atom. The molecule has 0 aliphatic carbocycles. The summed E-state index contributed by atoms with van der Waals surface area (Å²) >= 11 is 0. The van der Waals surface area contributed by atoms with Crippen molar-refractivity contribution in [3.05, 3.63) is 0 Å². The Balaban J connectivity index is 4.66. The van der Waals surface area contributed by atoms with Gasteiger partial charge < -0.3 is 20.9 Å². The van der Waals surface area contributed by atoms with Crippen LogP contribution in [0.4, 0.5) is 0 Å². The van der Waals surface area contributed by atoms with E-state index in [1.54, 1.807) is 0 Å². The first-order valence-electron chi connectivity index (χ1n) is 8.59. The highest BCUT2D eigenvalue weighted by atomic mass is 16.6. The van der Waals surface area contributed by atoms with Crippen molar-refractivity contribution in [1.82, 2.24) is 0 Å². The molecule has 2 atom stereocenters. The Morgan fingerprint density at radius 1 is 0.875 bits per heavy atom. The molecule has 0 fully saturated rings. The quantitative estimate of drug-likeness (QED) is 0.622. The third-order valence-corrected chi connectivity index (χ3v) is 3.87. The molecule has 4 N–H and O–H groups in total. The second-order valence-corrected chi connectivity index (χ2v) is 8.67. The van der Waals surface area contributed by atoms with Crippen LogP contribution in [0, 0.1) is 17.3 Å². The average Bonchev–Trinajstić information content (AvgIpc) is 2.40. The van der Waals surface area contributed by atoms with Crippen LogP contribution in [0.2, 0.25) is 0 Å². The average molecular weight is 344 g/mol. The molecule has 6 nitrogen and oxygen atoms in total. The smallest absolute Gasteiger partial charge is 0.323 e. The number of hydrogen-bond acceptors (Lipinski definition) is 6. The predicted molar refractivity (Wildman–Crippen MR) is 95.2 cm³/mol. The topological polar surface area (TPSA) is 105 Å². The minimum atomic E-state index is -0.709. The number of ether oxygens (including phenoxy) is 2. The van der Waals surface area contributed by atoms with E-state index in [4.69, 9.17) is 20.9 Å². The lowest BCUT2D eigenvalue weighted by molar-refractivity contribution is -0.165. The summed E-state index contributed by atoms with van der Waals surface area (Å²) in [6, 6.07) is -1.27. The maximum atomic E-state index is 12.1. The molecule has 142 valence electrons. The van der Waals surface area contributed by atoms with E-state index in [0.29, 0.717) is 6.42 Å². The summed E-state index contributed by atoms with van der Waals surface area (Å²) in [5.74, 6) is -0.783. The SMILES string of the molecule is CC(C)[C@H](N)C(=O)OCC(C)(C)CC(C)(C)OC(=O)[C@@H](N)C(C)C. The van der Waals surface area contributed by atoms with E-state index in [2.05, 4.69) is 0 Å². The van der Waals surface area contributed by atoms with E-state index in [9.17, 15) is 9.59 Å². The monoisotopic (exact) mass is 344 g/mol. The number of rotatable bonds is 9. The minimum absolute atomic E-state index is 0.0137. The molecule has 24 heavy (non-hydrogen) atoms. The molecule has 0 aromatic heterocycles. The van der Waals surface area contributed by atoms with E-state index in [0.717, 1.165) is 0 Å². The van der Waals surface area contributed by atoms with Gasteiger partial charge in [0.25, 0.3) is 0 Å². The van der Waals surface area contributed by atoms with E-state index in [1.165, 1.54) is 0 Å². The van der Waals surface area contributed by atoms with E-state index in [1.807, 2.05) is 55.4 Å². The normalized spacial score (nSPS) is 15.3. The molecule has 0 spiro atoms. The second kappa shape index (κ2) is 8.81. The maximum absolute atomic E-state index is 12.1. The Morgan fingerprint density at radius 2 is 1.29 bits per heavy atom. The molecule has 0 rings (SSSR count). The van der Waals surface area contributed by atoms with Crippen LogP contribution in [0.25, 0.3) is 0 Å². The van der Waals surface area contributed by atoms with Gasteiger partial charge in [-0.2, -0.15) is 0 Å². The van der Waals surface area contributed by atoms with Crippen molar-refractivity contribution in [3.63, 3.8) is 0 Å². The van der Waals surface area contributed by atoms with Crippen molar-refractivity contribution < 1.29 is 19.1 Å². The Kier molecular flexibility index (Phi) is 8.39. The van der Waals surface area contributed by atoms with Gasteiger partial charge >= 0.3 is 11.9 Å². The summed E-state index contributed by atoms with van der Waals surface area (Å²) in [7, 11) is 0. The fourth-order valence-corrected chi connectivity index (χ4v) is 2.49. The second-order valence-electron chi connectivity index (χ2n) is 8.67. The zero-order chi connectivity index (χ0) is 19.3. The molecule has 0 saturated carbocycles. The number of carbonyl (C=O) groups excluding carboxylic acids is 2. The molecule has 0 amide bonds. The largest absolute Gasteiger partial charge is 0.464 e. The first kappa shape index (κ1) is 22.9. The molecular weight excluding hydrogens is 308 g/mol. The number of hydrogen-bond donors (Lipinski definition) is 2. The van der Waals surface area contributed by atoms with E-state index >= 15 is 0 Å². The van der Waals surface area contributed by atoms with Crippen molar-refractivity contribution in [3.8, 4) is 0 Å². The van der Waals surface area contributed by atoms with Gasteiger partial charge in [-0.15, -0.1) is 0 Å². The first-order valence-corrected chi connectivity index (χ1v) is 8.59. The minimum Gasteiger partial charge on any atom is -0.464 e. The van der Waals surface area contributed by atoms with Gasteiger partial charge in [-0.3, -0.25) is 9.59 Å². The zero-order valence-electron chi connectivity index (χ0n) is 16.5. The molecule has 0 aliphatic rings. The van der Waals surface area contributed by atoms with Crippen LogP contribution in [-0.2, 0) is 19.1 Å². The summed E-state index contributed by atoms with van der Waals surface area (Å²) < 4.78 is 10.9. The summed E-state index contributed by atoms with van der Waals surface area (Å²) in [6.45, 7) is 15.3. The van der Waals surface area contributed by atoms with E-state index < -0.39 is 29.6 Å². The van der Waals surface area contributed by atoms with Crippen molar-refractivity contribution in [2.45, 2.75) is 79.5 Å². The molecular formula is C18H36N2O4. The van der Waals surface area contributed by atoms with Crippen LogP contribution in [0.15, 0.2) is 0 Å². The van der Waals surface area contributed by atoms with Crippen molar-refractivity contribution in [1.29, 1.82) is 0 Å². The van der Waals surface area contributed by atoms with Gasteiger partial charge in [-0.05, 0) is 32.1 Å². The third-order valence-electron chi connectivity index (χ3n) is 3.87. The first-order chi connectivity index (χ1) is 10.7. The summed E-state index contributed by atoms with van der Waals surface area (Å²) in [5, 5.41) is 0. The molecule has 0 unspecified atom stereocenters. The van der Waals surface area contributed by atoms with Crippen LogP contribution in [0.3, 0.4) is 0 Å². The van der Waals surface area contributed by atoms with Gasteiger partial charge in [-0.25, -0.2) is 0 Å². The van der Waals surface area contributed by atoms with Gasteiger partial charge in [-0.1, -0.05) is 41.5 Å². The predicted octanol–water partition coefficient (Wildman–Crippen LogP) is 2.23. The maximum Gasteiger partial charge on any atom is 0.323 e. The number of nitrogens with two attached hydrogens (primary N) is 2. The molecule has 0 aliphatic heterocycles. The molecule has 0 bridgehead atoms. The molecule has 0 saturated heterocycles. The summed E-state index contributed by atoms with van der Waals surface area (Å²) in [5.41, 5.74) is 10.5. The van der Waals surface area contributed by atoms with E-state index in [-0.39, 0.29) is 23.9 Å². The highest BCUT2D eigenvalue weighted by Crippen LogP contribution is 2.31. The van der Waals surface area contributed by atoms with Crippen LogP contribution in [0.5, 0.6) is 0 Å². The zero-order valence-corrected chi connectivity index (χ0v) is 16.5. The third kappa shape index (κ3) is 8.11. The number of esters is 2. The van der Waals surface area contributed by atoms with Gasteiger partial charge in [0.15, 0.2) is 0 Å². The van der Waals surface area contributed by atoms with Crippen molar-refractivity contribution in [2.75, 3.05) is 6.61 Å². The molecule has 6 heteroatoms. The van der Waals surface area contributed by atoms with Crippen molar-refractivity contribution >= 4 is 11.9 Å². The highest BCUT2D eigenvalue weighted by Gasteiger charge is 2.35. The van der Waals surface area contributed by atoms with Crippen molar-refractivity contribution in [2.24, 2.45) is 28.7 Å². The summed E-state index contributed by atoms with van der Waals surface area (Å²) in [4.78, 5) is 24.0. The van der Waals surface area contributed by atoms with Crippen LogP contribution < -0.4 is 11.5 Å². The Hall–Kier alpha value is -1.14. The molecule has 0 aromatic rings. The summed E-state index contributed by atoms with van der Waals surface area (Å²) in [6.07, 6.45) is 0.529. The fraction of sp³-hybridized carbons (Fsp3) is 0.889. The lowest BCUT2D eigenvalue weighted by Crippen LogP contribution is -2.44. The fourth-order valence-electron chi connectivity index (χ4n) is 2.49. The van der Waals surface area contributed by atoms with Crippen LogP contribution in [0.1, 0.15) is 61.8 Å².